The molecule has 21 heavy (non-hydrogen) atoms. The highest BCUT2D eigenvalue weighted by molar-refractivity contribution is 6.30. The number of pyridine rings is 2. The number of rotatable bonds is 6. The summed E-state index contributed by atoms with van der Waals surface area (Å²) in [7, 11) is 0. The quantitative estimate of drug-likeness (QED) is 0.881. The van der Waals surface area contributed by atoms with E-state index in [1.54, 1.807) is 6.07 Å². The van der Waals surface area contributed by atoms with E-state index in [4.69, 9.17) is 16.3 Å². The molecule has 2 aromatic rings. The number of nitrogens with one attached hydrogen (secondary N) is 1. The van der Waals surface area contributed by atoms with E-state index in [1.807, 2.05) is 0 Å². The summed E-state index contributed by atoms with van der Waals surface area (Å²) >= 11 is 5.86. The van der Waals surface area contributed by atoms with Gasteiger partial charge in [0.2, 0.25) is 5.88 Å². The second-order valence-corrected chi connectivity index (χ2v) is 5.52. The molecule has 2 rings (SSSR count). The Morgan fingerprint density at radius 2 is 2.10 bits per heavy atom. The van der Waals surface area contributed by atoms with Crippen molar-refractivity contribution in [1.82, 2.24) is 15.3 Å². The molecule has 0 aliphatic rings. The first-order valence-corrected chi connectivity index (χ1v) is 7.06. The van der Waals surface area contributed by atoms with E-state index in [2.05, 4.69) is 29.1 Å². The molecule has 0 fully saturated rings. The SMILES string of the molecule is CC(C)CNCc1cc(F)cnc1Oc1cncc(Cl)c1. The Bertz CT molecular complexity index is 607. The van der Waals surface area contributed by atoms with E-state index >= 15 is 0 Å². The van der Waals surface area contributed by atoms with Crippen LogP contribution in [0.25, 0.3) is 0 Å². The van der Waals surface area contributed by atoms with Crippen molar-refractivity contribution in [3.63, 3.8) is 0 Å². The number of nitrogens with zero attached hydrogens (tertiary/aromatic N) is 2. The van der Waals surface area contributed by atoms with Gasteiger partial charge in [-0.15, -0.1) is 0 Å². The minimum Gasteiger partial charge on any atom is -0.437 e. The summed E-state index contributed by atoms with van der Waals surface area (Å²) < 4.78 is 19.0. The first-order valence-electron chi connectivity index (χ1n) is 6.68. The maximum absolute atomic E-state index is 13.4. The Kier molecular flexibility index (Phi) is 5.47. The topological polar surface area (TPSA) is 47.0 Å². The molecule has 0 bridgehead atoms. The third-order valence-electron chi connectivity index (χ3n) is 2.65. The molecule has 112 valence electrons. The minimum atomic E-state index is -0.395. The van der Waals surface area contributed by atoms with Crippen molar-refractivity contribution in [3.8, 4) is 11.6 Å². The first kappa shape index (κ1) is 15.7. The molecule has 0 amide bonds. The summed E-state index contributed by atoms with van der Waals surface area (Å²) in [4.78, 5) is 7.93. The second kappa shape index (κ2) is 7.33. The molecule has 0 aliphatic heterocycles. The lowest BCUT2D eigenvalue weighted by Gasteiger charge is -2.12. The van der Waals surface area contributed by atoms with Crippen LogP contribution in [0.4, 0.5) is 4.39 Å². The second-order valence-electron chi connectivity index (χ2n) is 5.08. The Morgan fingerprint density at radius 1 is 1.29 bits per heavy atom. The molecule has 0 saturated carbocycles. The van der Waals surface area contributed by atoms with Crippen LogP contribution in [0.2, 0.25) is 5.02 Å². The van der Waals surface area contributed by atoms with Gasteiger partial charge in [0.25, 0.3) is 0 Å². The molecule has 0 atom stereocenters. The molecule has 4 nitrogen and oxygen atoms in total. The smallest absolute Gasteiger partial charge is 0.223 e. The van der Waals surface area contributed by atoms with Gasteiger partial charge in [-0.3, -0.25) is 4.98 Å². The Hall–Kier alpha value is -1.72. The predicted molar refractivity (Wildman–Crippen MR) is 80.1 cm³/mol. The Labute approximate surface area is 128 Å². The molecule has 0 unspecified atom stereocenters. The molecule has 0 aromatic carbocycles. The van der Waals surface area contributed by atoms with Crippen molar-refractivity contribution < 1.29 is 9.13 Å². The van der Waals surface area contributed by atoms with Crippen molar-refractivity contribution in [2.24, 2.45) is 5.92 Å². The van der Waals surface area contributed by atoms with Gasteiger partial charge in [0, 0.05) is 24.4 Å². The van der Waals surface area contributed by atoms with Gasteiger partial charge in [-0.1, -0.05) is 25.4 Å². The van der Waals surface area contributed by atoms with Crippen LogP contribution in [0.5, 0.6) is 11.6 Å². The number of hydrogen-bond donors (Lipinski definition) is 1. The van der Waals surface area contributed by atoms with Crippen LogP contribution in [0, 0.1) is 11.7 Å². The van der Waals surface area contributed by atoms with Crippen LogP contribution in [0.3, 0.4) is 0 Å². The maximum Gasteiger partial charge on any atom is 0.223 e. The van der Waals surface area contributed by atoms with Gasteiger partial charge in [0.15, 0.2) is 0 Å². The third-order valence-corrected chi connectivity index (χ3v) is 2.86. The van der Waals surface area contributed by atoms with E-state index in [0.29, 0.717) is 34.7 Å². The van der Waals surface area contributed by atoms with Gasteiger partial charge < -0.3 is 10.1 Å². The molecule has 2 heterocycles. The molecule has 0 spiro atoms. The summed E-state index contributed by atoms with van der Waals surface area (Å²) in [6, 6.07) is 3.04. The van der Waals surface area contributed by atoms with Crippen molar-refractivity contribution in [2.75, 3.05) is 6.54 Å². The molecule has 1 N–H and O–H groups in total. The lowest BCUT2D eigenvalue weighted by atomic mass is 10.2. The van der Waals surface area contributed by atoms with Crippen molar-refractivity contribution >= 4 is 11.6 Å². The molecular weight excluding hydrogens is 293 g/mol. The molecule has 2 aromatic heterocycles. The van der Waals surface area contributed by atoms with E-state index in [-0.39, 0.29) is 0 Å². The summed E-state index contributed by atoms with van der Waals surface area (Å²) in [6.07, 6.45) is 4.17. The van der Waals surface area contributed by atoms with Crippen LogP contribution in [0.1, 0.15) is 19.4 Å². The van der Waals surface area contributed by atoms with Gasteiger partial charge in [-0.05, 0) is 18.5 Å². The normalized spacial score (nSPS) is 10.9. The minimum absolute atomic E-state index is 0.344. The van der Waals surface area contributed by atoms with E-state index in [1.165, 1.54) is 18.5 Å². The molecule has 0 saturated heterocycles. The summed E-state index contributed by atoms with van der Waals surface area (Å²) in [5.41, 5.74) is 0.649. The summed E-state index contributed by atoms with van der Waals surface area (Å²) in [5, 5.41) is 3.70. The third kappa shape index (κ3) is 4.95. The number of hydrogen-bond acceptors (Lipinski definition) is 4. The maximum atomic E-state index is 13.4. The van der Waals surface area contributed by atoms with Crippen molar-refractivity contribution in [2.45, 2.75) is 20.4 Å². The monoisotopic (exact) mass is 309 g/mol. The summed E-state index contributed by atoms with van der Waals surface area (Å²) in [6.45, 7) is 5.51. The molecule has 0 radical (unpaired) electrons. The Morgan fingerprint density at radius 3 is 2.81 bits per heavy atom. The van der Waals surface area contributed by atoms with Gasteiger partial charge in [0.1, 0.15) is 11.6 Å². The highest BCUT2D eigenvalue weighted by Crippen LogP contribution is 2.24. The molecule has 6 heteroatoms. The average molecular weight is 310 g/mol. The van der Waals surface area contributed by atoms with Gasteiger partial charge in [0.05, 0.1) is 17.4 Å². The van der Waals surface area contributed by atoms with Crippen LogP contribution in [0.15, 0.2) is 30.7 Å². The zero-order chi connectivity index (χ0) is 15.2. The average Bonchev–Trinajstić information content (AvgIpc) is 2.41. The van der Waals surface area contributed by atoms with Crippen LogP contribution >= 0.6 is 11.6 Å². The van der Waals surface area contributed by atoms with Crippen molar-refractivity contribution in [3.05, 3.63) is 47.1 Å². The lowest BCUT2D eigenvalue weighted by molar-refractivity contribution is 0.444. The lowest BCUT2D eigenvalue weighted by Crippen LogP contribution is -2.19. The molecule has 0 aliphatic carbocycles. The van der Waals surface area contributed by atoms with E-state index in [0.717, 1.165) is 12.7 Å². The fourth-order valence-electron chi connectivity index (χ4n) is 1.74. The predicted octanol–water partition coefficient (Wildman–Crippen LogP) is 3.81. The Balaban J connectivity index is 2.14. The number of aromatic nitrogens is 2. The van der Waals surface area contributed by atoms with E-state index in [9.17, 15) is 4.39 Å². The zero-order valence-corrected chi connectivity index (χ0v) is 12.7. The molecular formula is C15H17ClFN3O. The largest absolute Gasteiger partial charge is 0.437 e. The van der Waals surface area contributed by atoms with Crippen LogP contribution in [-0.2, 0) is 6.54 Å². The highest BCUT2D eigenvalue weighted by Gasteiger charge is 2.09. The fourth-order valence-corrected chi connectivity index (χ4v) is 1.91. The van der Waals surface area contributed by atoms with Gasteiger partial charge in [-0.25, -0.2) is 9.37 Å². The van der Waals surface area contributed by atoms with Gasteiger partial charge >= 0.3 is 0 Å². The fraction of sp³-hybridized carbons (Fsp3) is 0.333. The van der Waals surface area contributed by atoms with Gasteiger partial charge in [-0.2, -0.15) is 0 Å². The number of halogens is 2. The zero-order valence-electron chi connectivity index (χ0n) is 11.9. The standard InChI is InChI=1S/C15H17ClFN3O/c1-10(2)5-18-6-11-3-13(17)8-20-15(11)21-14-4-12(16)7-19-9-14/h3-4,7-10,18H,5-6H2,1-2H3. The van der Waals surface area contributed by atoms with E-state index < -0.39 is 5.82 Å². The summed E-state index contributed by atoms with van der Waals surface area (Å²) in [5.74, 6) is 0.921. The highest BCUT2D eigenvalue weighted by atomic mass is 35.5. The number of ether oxygens (including phenoxy) is 1. The first-order chi connectivity index (χ1) is 10.0. The van der Waals surface area contributed by atoms with Crippen LogP contribution < -0.4 is 10.1 Å². The van der Waals surface area contributed by atoms with Crippen molar-refractivity contribution in [1.29, 1.82) is 0 Å². The van der Waals surface area contributed by atoms with Crippen LogP contribution in [-0.4, -0.2) is 16.5 Å².